The number of unbranched alkanes of at least 4 members (excludes halogenated alkanes) is 41. The van der Waals surface area contributed by atoms with Gasteiger partial charge in [-0.2, -0.15) is 0 Å². The lowest BCUT2D eigenvalue weighted by molar-refractivity contribution is -0.143. The third-order valence-corrected chi connectivity index (χ3v) is 13.5. The van der Waals surface area contributed by atoms with Crippen LogP contribution < -0.4 is 5.32 Å². The first-order valence-electron chi connectivity index (χ1n) is 29.1. The number of aliphatic hydroxyl groups excluding tert-OH is 2. The highest BCUT2D eigenvalue weighted by atomic mass is 16.5. The average Bonchev–Trinajstić information content (AvgIpc) is 3.31. The molecule has 0 aromatic carbocycles. The maximum absolute atomic E-state index is 12.5. The minimum absolute atomic E-state index is 0.0231. The molecule has 0 saturated heterocycles. The minimum Gasteiger partial charge on any atom is -0.466 e. The van der Waals surface area contributed by atoms with Crippen molar-refractivity contribution in [1.82, 2.24) is 5.32 Å². The third kappa shape index (κ3) is 51.6. The number of esters is 1. The summed E-state index contributed by atoms with van der Waals surface area (Å²) in [6.07, 6.45) is 66.3. The van der Waals surface area contributed by atoms with Crippen LogP contribution in [0.25, 0.3) is 0 Å². The molecule has 0 radical (unpaired) electrons. The van der Waals surface area contributed by atoms with Crippen molar-refractivity contribution in [3.05, 3.63) is 24.3 Å². The zero-order valence-corrected chi connectivity index (χ0v) is 43.7. The normalized spacial score (nSPS) is 12.7. The number of allylic oxidation sites excluding steroid dienone is 3. The van der Waals surface area contributed by atoms with Crippen LogP contribution in [0, 0.1) is 0 Å². The molecule has 0 heterocycles. The molecule has 0 aromatic heterocycles. The summed E-state index contributed by atoms with van der Waals surface area (Å²) >= 11 is 0. The Kier molecular flexibility index (Phi) is 53.5. The van der Waals surface area contributed by atoms with Gasteiger partial charge in [0.05, 0.1) is 25.4 Å². The van der Waals surface area contributed by atoms with E-state index in [2.05, 4.69) is 31.3 Å². The van der Waals surface area contributed by atoms with Crippen LogP contribution in [0.2, 0.25) is 0 Å². The number of rotatable bonds is 54. The first-order chi connectivity index (χ1) is 32.0. The fraction of sp³-hybridized carbons (Fsp3) is 0.898. The van der Waals surface area contributed by atoms with E-state index in [1.165, 1.54) is 212 Å². The van der Waals surface area contributed by atoms with E-state index in [-0.39, 0.29) is 18.5 Å². The second-order valence-corrected chi connectivity index (χ2v) is 20.0. The van der Waals surface area contributed by atoms with Gasteiger partial charge in [-0.15, -0.1) is 0 Å². The number of ether oxygens (including phenoxy) is 1. The van der Waals surface area contributed by atoms with Gasteiger partial charge in [-0.1, -0.05) is 263 Å². The zero-order valence-electron chi connectivity index (χ0n) is 43.7. The standard InChI is InChI=1S/C59H113NO5/c1-3-5-7-9-11-13-15-17-18-19-20-21-22-23-24-25-26-27-28-31-35-39-43-47-51-57(62)56(55-61)60-58(63)52-48-44-40-36-32-29-30-34-38-42-46-50-54-65-59(64)53-49-45-41-37-33-16-14-12-10-8-6-4-2/h30,34,47,51,56-57,61-62H,3-29,31-33,35-46,48-50,52-55H2,1-2H3,(H,60,63)/b34-30-,51-47+. The lowest BCUT2D eigenvalue weighted by Gasteiger charge is -2.20. The first kappa shape index (κ1) is 63.3. The number of aliphatic hydroxyl groups is 2. The van der Waals surface area contributed by atoms with Gasteiger partial charge in [0.2, 0.25) is 5.91 Å². The van der Waals surface area contributed by atoms with Crippen LogP contribution in [0.4, 0.5) is 0 Å². The van der Waals surface area contributed by atoms with Crippen LogP contribution in [0.3, 0.4) is 0 Å². The second kappa shape index (κ2) is 54.9. The molecule has 0 aliphatic heterocycles. The predicted molar refractivity (Wildman–Crippen MR) is 283 cm³/mol. The van der Waals surface area contributed by atoms with Crippen LogP contribution in [-0.4, -0.2) is 47.4 Å². The molecule has 0 saturated carbocycles. The summed E-state index contributed by atoms with van der Waals surface area (Å²) in [5, 5.41) is 23.2. The molecule has 2 unspecified atom stereocenters. The monoisotopic (exact) mass is 916 g/mol. The fourth-order valence-corrected chi connectivity index (χ4v) is 8.98. The molecule has 6 nitrogen and oxygen atoms in total. The highest BCUT2D eigenvalue weighted by molar-refractivity contribution is 5.76. The number of carbonyl (C=O) groups excluding carboxylic acids is 2. The van der Waals surface area contributed by atoms with Gasteiger partial charge >= 0.3 is 5.97 Å². The number of carbonyl (C=O) groups is 2. The smallest absolute Gasteiger partial charge is 0.305 e. The molecule has 1 amide bonds. The van der Waals surface area contributed by atoms with Crippen LogP contribution in [0.5, 0.6) is 0 Å². The molecular formula is C59H113NO5. The van der Waals surface area contributed by atoms with Gasteiger partial charge in [-0.25, -0.2) is 0 Å². The lowest BCUT2D eigenvalue weighted by Crippen LogP contribution is -2.45. The van der Waals surface area contributed by atoms with Crippen molar-refractivity contribution < 1.29 is 24.5 Å². The van der Waals surface area contributed by atoms with Crippen molar-refractivity contribution in [2.75, 3.05) is 13.2 Å². The summed E-state index contributed by atoms with van der Waals surface area (Å²) in [6.45, 7) is 4.86. The van der Waals surface area contributed by atoms with Crippen LogP contribution in [0.15, 0.2) is 24.3 Å². The Morgan fingerprint density at radius 3 is 1.09 bits per heavy atom. The number of amides is 1. The van der Waals surface area contributed by atoms with Gasteiger partial charge < -0.3 is 20.3 Å². The van der Waals surface area contributed by atoms with Gasteiger partial charge in [-0.3, -0.25) is 9.59 Å². The van der Waals surface area contributed by atoms with E-state index in [9.17, 15) is 19.8 Å². The summed E-state index contributed by atoms with van der Waals surface area (Å²) in [5.41, 5.74) is 0. The Bertz CT molecular complexity index is 1010. The van der Waals surface area contributed by atoms with Crippen molar-refractivity contribution in [2.24, 2.45) is 0 Å². The SMILES string of the molecule is CCCCCCCCCCCCCCCCCCCCCCCC/C=C/C(O)C(CO)NC(=O)CCCCCCC/C=C\CCCCCOC(=O)CCCCCCCCCCCCCC. The highest BCUT2D eigenvalue weighted by Gasteiger charge is 2.18. The molecule has 3 N–H and O–H groups in total. The summed E-state index contributed by atoms with van der Waals surface area (Å²) in [6, 6.07) is -0.647. The Hall–Kier alpha value is -1.66. The summed E-state index contributed by atoms with van der Waals surface area (Å²) in [5.74, 6) is -0.114. The molecule has 384 valence electrons. The van der Waals surface area contributed by atoms with E-state index >= 15 is 0 Å². The topological polar surface area (TPSA) is 95.9 Å². The molecule has 0 fully saturated rings. The Labute approximate surface area is 405 Å². The summed E-state index contributed by atoms with van der Waals surface area (Å²) in [7, 11) is 0. The molecule has 0 spiro atoms. The molecule has 6 heteroatoms. The fourth-order valence-electron chi connectivity index (χ4n) is 8.98. The Morgan fingerprint density at radius 1 is 0.415 bits per heavy atom. The van der Waals surface area contributed by atoms with Crippen molar-refractivity contribution in [3.63, 3.8) is 0 Å². The van der Waals surface area contributed by atoms with E-state index in [0.717, 1.165) is 77.0 Å². The van der Waals surface area contributed by atoms with Crippen molar-refractivity contribution in [2.45, 2.75) is 328 Å². The molecular weight excluding hydrogens is 803 g/mol. The lowest BCUT2D eigenvalue weighted by atomic mass is 10.0. The van der Waals surface area contributed by atoms with E-state index in [1.807, 2.05) is 6.08 Å². The number of nitrogens with one attached hydrogen (secondary N) is 1. The molecule has 2 atom stereocenters. The largest absolute Gasteiger partial charge is 0.466 e. The second-order valence-electron chi connectivity index (χ2n) is 20.0. The van der Waals surface area contributed by atoms with Crippen LogP contribution in [0.1, 0.15) is 316 Å². The number of hydrogen-bond acceptors (Lipinski definition) is 5. The van der Waals surface area contributed by atoms with E-state index in [4.69, 9.17) is 4.74 Å². The van der Waals surface area contributed by atoms with Crippen LogP contribution in [-0.2, 0) is 14.3 Å². The van der Waals surface area contributed by atoms with Crippen molar-refractivity contribution in [3.8, 4) is 0 Å². The molecule has 0 aliphatic rings. The Morgan fingerprint density at radius 2 is 0.723 bits per heavy atom. The van der Waals surface area contributed by atoms with E-state index in [1.54, 1.807) is 6.08 Å². The van der Waals surface area contributed by atoms with Crippen molar-refractivity contribution in [1.29, 1.82) is 0 Å². The van der Waals surface area contributed by atoms with E-state index in [0.29, 0.717) is 19.4 Å². The highest BCUT2D eigenvalue weighted by Crippen LogP contribution is 2.17. The van der Waals surface area contributed by atoms with Gasteiger partial charge in [0.15, 0.2) is 0 Å². The maximum atomic E-state index is 12.5. The summed E-state index contributed by atoms with van der Waals surface area (Å²) in [4.78, 5) is 24.5. The number of hydrogen-bond donors (Lipinski definition) is 3. The zero-order chi connectivity index (χ0) is 47.2. The molecule has 65 heavy (non-hydrogen) atoms. The molecule has 0 rings (SSSR count). The predicted octanol–water partition coefficient (Wildman–Crippen LogP) is 17.9. The quantitative estimate of drug-likeness (QED) is 0.0321. The van der Waals surface area contributed by atoms with E-state index < -0.39 is 12.1 Å². The van der Waals surface area contributed by atoms with Crippen molar-refractivity contribution >= 4 is 11.9 Å². The maximum Gasteiger partial charge on any atom is 0.305 e. The minimum atomic E-state index is -0.861. The van der Waals surface area contributed by atoms with Gasteiger partial charge in [0.25, 0.3) is 0 Å². The average molecular weight is 917 g/mol. The van der Waals surface area contributed by atoms with Gasteiger partial charge in [0.1, 0.15) is 0 Å². The van der Waals surface area contributed by atoms with Gasteiger partial charge in [0, 0.05) is 12.8 Å². The first-order valence-corrected chi connectivity index (χ1v) is 29.1. The summed E-state index contributed by atoms with van der Waals surface area (Å²) < 4.78 is 5.44. The van der Waals surface area contributed by atoms with Gasteiger partial charge in [-0.05, 0) is 64.2 Å². The molecule has 0 aromatic rings. The molecule has 0 bridgehead atoms. The Balaban J connectivity index is 3.52. The van der Waals surface area contributed by atoms with Crippen LogP contribution >= 0.6 is 0 Å². The third-order valence-electron chi connectivity index (χ3n) is 13.5. The molecule has 0 aliphatic carbocycles.